The Morgan fingerprint density at radius 1 is 0.897 bits per heavy atom. The first kappa shape index (κ1) is 19.3. The zero-order valence-electron chi connectivity index (χ0n) is 16.2. The largest absolute Gasteiger partial charge is 0.411 e. The molecular formula is C21H19FN4O2S. The highest BCUT2D eigenvalue weighted by atomic mass is 32.2. The van der Waals surface area contributed by atoms with E-state index in [2.05, 4.69) is 53.2 Å². The molecule has 0 aliphatic heterocycles. The fourth-order valence-corrected chi connectivity index (χ4v) is 3.25. The van der Waals surface area contributed by atoms with Crippen molar-refractivity contribution in [2.24, 2.45) is 0 Å². The van der Waals surface area contributed by atoms with E-state index in [1.165, 1.54) is 29.5 Å². The van der Waals surface area contributed by atoms with Crippen LogP contribution in [0.3, 0.4) is 0 Å². The predicted molar refractivity (Wildman–Crippen MR) is 108 cm³/mol. The summed E-state index contributed by atoms with van der Waals surface area (Å²) in [7, 11) is 0. The second-order valence-corrected chi connectivity index (χ2v) is 8.44. The Bertz CT molecular complexity index is 1100. The average molecular weight is 410 g/mol. The molecule has 2 heterocycles. The minimum atomic E-state index is -0.315. The van der Waals surface area contributed by atoms with Gasteiger partial charge in [-0.2, -0.15) is 4.98 Å². The SMILES string of the molecule is CC(C)(C)c1ccc(-c2nnc(SCc3noc(-c4ccc(F)cc4)n3)o2)cc1. The molecule has 0 saturated carbocycles. The smallest absolute Gasteiger partial charge is 0.277 e. The molecule has 0 saturated heterocycles. The van der Waals surface area contributed by atoms with Gasteiger partial charge < -0.3 is 8.94 Å². The van der Waals surface area contributed by atoms with Gasteiger partial charge in [0.1, 0.15) is 5.82 Å². The van der Waals surface area contributed by atoms with Crippen molar-refractivity contribution in [2.75, 3.05) is 0 Å². The minimum absolute atomic E-state index is 0.0890. The van der Waals surface area contributed by atoms with Crippen molar-refractivity contribution in [3.8, 4) is 22.9 Å². The van der Waals surface area contributed by atoms with Crippen molar-refractivity contribution in [1.82, 2.24) is 20.3 Å². The van der Waals surface area contributed by atoms with Crippen LogP contribution in [-0.2, 0) is 11.2 Å². The van der Waals surface area contributed by atoms with Crippen molar-refractivity contribution < 1.29 is 13.3 Å². The third kappa shape index (κ3) is 4.54. The van der Waals surface area contributed by atoms with Gasteiger partial charge in [-0.15, -0.1) is 10.2 Å². The first-order chi connectivity index (χ1) is 13.9. The summed E-state index contributed by atoms with van der Waals surface area (Å²) >= 11 is 1.32. The topological polar surface area (TPSA) is 77.8 Å². The lowest BCUT2D eigenvalue weighted by molar-refractivity contribution is 0.425. The Balaban J connectivity index is 1.40. The molecule has 6 nitrogen and oxygen atoms in total. The number of nitrogens with zero attached hydrogens (tertiary/aromatic N) is 4. The van der Waals surface area contributed by atoms with E-state index in [4.69, 9.17) is 8.94 Å². The summed E-state index contributed by atoms with van der Waals surface area (Å²) in [5.74, 6) is 1.39. The molecule has 4 aromatic rings. The van der Waals surface area contributed by atoms with Gasteiger partial charge in [0, 0.05) is 11.1 Å². The third-order valence-electron chi connectivity index (χ3n) is 4.29. The highest BCUT2D eigenvalue weighted by Gasteiger charge is 2.16. The molecule has 0 fully saturated rings. The molecule has 0 aliphatic carbocycles. The molecule has 0 unspecified atom stereocenters. The van der Waals surface area contributed by atoms with Crippen LogP contribution >= 0.6 is 11.8 Å². The van der Waals surface area contributed by atoms with Gasteiger partial charge in [0.05, 0.1) is 5.75 Å². The number of benzene rings is 2. The molecule has 2 aromatic carbocycles. The molecule has 0 spiro atoms. The van der Waals surface area contributed by atoms with Crippen LogP contribution in [0.4, 0.5) is 4.39 Å². The number of aromatic nitrogens is 4. The van der Waals surface area contributed by atoms with Crippen LogP contribution in [0.1, 0.15) is 32.2 Å². The van der Waals surface area contributed by atoms with E-state index < -0.39 is 0 Å². The monoisotopic (exact) mass is 410 g/mol. The Morgan fingerprint density at radius 3 is 2.24 bits per heavy atom. The van der Waals surface area contributed by atoms with Crippen LogP contribution in [0.5, 0.6) is 0 Å². The first-order valence-electron chi connectivity index (χ1n) is 9.04. The maximum atomic E-state index is 13.0. The molecule has 0 amide bonds. The van der Waals surface area contributed by atoms with E-state index in [9.17, 15) is 4.39 Å². The normalized spacial score (nSPS) is 11.7. The summed E-state index contributed by atoms with van der Waals surface area (Å²) in [6, 6.07) is 14.0. The van der Waals surface area contributed by atoms with Gasteiger partial charge in [0.2, 0.25) is 5.89 Å². The Hall–Kier alpha value is -3.00. The maximum absolute atomic E-state index is 13.0. The summed E-state index contributed by atoms with van der Waals surface area (Å²) in [6.07, 6.45) is 0. The standard InChI is InChI=1S/C21H19FN4O2S/c1-21(2,3)15-8-4-14(5-9-15)19-24-25-20(27-19)29-12-17-23-18(28-26-17)13-6-10-16(22)11-7-13/h4-11H,12H2,1-3H3. The molecule has 148 valence electrons. The molecule has 29 heavy (non-hydrogen) atoms. The van der Waals surface area contributed by atoms with E-state index in [1.807, 2.05) is 12.1 Å². The number of thioether (sulfide) groups is 1. The number of rotatable bonds is 5. The molecular weight excluding hydrogens is 391 g/mol. The van der Waals surface area contributed by atoms with Crippen LogP contribution in [0.2, 0.25) is 0 Å². The summed E-state index contributed by atoms with van der Waals surface area (Å²) in [6.45, 7) is 6.51. The zero-order chi connectivity index (χ0) is 20.4. The van der Waals surface area contributed by atoms with Gasteiger partial charge in [-0.3, -0.25) is 0 Å². The van der Waals surface area contributed by atoms with E-state index >= 15 is 0 Å². The zero-order valence-corrected chi connectivity index (χ0v) is 17.0. The molecule has 0 aliphatic rings. The highest BCUT2D eigenvalue weighted by Crippen LogP contribution is 2.28. The fourth-order valence-electron chi connectivity index (χ4n) is 2.65. The van der Waals surface area contributed by atoms with E-state index in [0.29, 0.717) is 34.1 Å². The van der Waals surface area contributed by atoms with Crippen molar-refractivity contribution >= 4 is 11.8 Å². The summed E-state index contributed by atoms with van der Waals surface area (Å²) < 4.78 is 24.0. The fraction of sp³-hybridized carbons (Fsp3) is 0.238. The average Bonchev–Trinajstić information content (AvgIpc) is 3.36. The highest BCUT2D eigenvalue weighted by molar-refractivity contribution is 7.98. The van der Waals surface area contributed by atoms with Crippen molar-refractivity contribution in [1.29, 1.82) is 0 Å². The van der Waals surface area contributed by atoms with Gasteiger partial charge in [0.25, 0.3) is 11.1 Å². The second kappa shape index (κ2) is 7.79. The number of halogens is 1. The molecule has 2 aromatic heterocycles. The van der Waals surface area contributed by atoms with Crippen molar-refractivity contribution in [3.05, 3.63) is 65.7 Å². The summed E-state index contributed by atoms with van der Waals surface area (Å²) in [5.41, 5.74) is 2.86. The molecule has 8 heteroatoms. The van der Waals surface area contributed by atoms with Crippen LogP contribution in [0, 0.1) is 5.82 Å². The Kier molecular flexibility index (Phi) is 5.19. The second-order valence-electron chi connectivity index (χ2n) is 7.51. The van der Waals surface area contributed by atoms with Gasteiger partial charge in [-0.1, -0.05) is 49.8 Å². The number of hydrogen-bond donors (Lipinski definition) is 0. The number of hydrogen-bond acceptors (Lipinski definition) is 7. The summed E-state index contributed by atoms with van der Waals surface area (Å²) in [5, 5.41) is 12.5. The minimum Gasteiger partial charge on any atom is -0.411 e. The third-order valence-corrected chi connectivity index (χ3v) is 5.10. The van der Waals surface area contributed by atoms with Gasteiger partial charge in [0.15, 0.2) is 5.82 Å². The molecule has 0 atom stereocenters. The van der Waals surface area contributed by atoms with Gasteiger partial charge in [-0.05, 0) is 47.4 Å². The van der Waals surface area contributed by atoms with Crippen LogP contribution in [0.15, 0.2) is 62.7 Å². The summed E-state index contributed by atoms with van der Waals surface area (Å²) in [4.78, 5) is 4.31. The van der Waals surface area contributed by atoms with Gasteiger partial charge in [-0.25, -0.2) is 4.39 Å². The van der Waals surface area contributed by atoms with E-state index in [1.54, 1.807) is 12.1 Å². The van der Waals surface area contributed by atoms with Crippen LogP contribution in [0.25, 0.3) is 22.9 Å². The van der Waals surface area contributed by atoms with Crippen LogP contribution in [-0.4, -0.2) is 20.3 Å². The Labute approximate surface area is 171 Å². The van der Waals surface area contributed by atoms with E-state index in [-0.39, 0.29) is 11.2 Å². The lowest BCUT2D eigenvalue weighted by Crippen LogP contribution is -2.10. The van der Waals surface area contributed by atoms with E-state index in [0.717, 1.165) is 5.56 Å². The van der Waals surface area contributed by atoms with Crippen molar-refractivity contribution in [2.45, 2.75) is 37.2 Å². The van der Waals surface area contributed by atoms with Crippen molar-refractivity contribution in [3.63, 3.8) is 0 Å². The quantitative estimate of drug-likeness (QED) is 0.401. The lowest BCUT2D eigenvalue weighted by Gasteiger charge is -2.18. The van der Waals surface area contributed by atoms with Gasteiger partial charge >= 0.3 is 0 Å². The predicted octanol–water partition coefficient (Wildman–Crippen LogP) is 5.52. The van der Waals surface area contributed by atoms with Crippen LogP contribution < -0.4 is 0 Å². The Morgan fingerprint density at radius 2 is 1.55 bits per heavy atom. The first-order valence-corrected chi connectivity index (χ1v) is 10.0. The molecule has 4 rings (SSSR count). The molecule has 0 radical (unpaired) electrons. The lowest BCUT2D eigenvalue weighted by atomic mass is 9.87. The maximum Gasteiger partial charge on any atom is 0.277 e. The molecule has 0 bridgehead atoms. The molecule has 0 N–H and O–H groups in total.